The van der Waals surface area contributed by atoms with Crippen LogP contribution in [0.1, 0.15) is 5.56 Å². The van der Waals surface area contributed by atoms with Crippen molar-refractivity contribution in [1.29, 1.82) is 0 Å². The Hall–Kier alpha value is -2.40. The molecule has 3 rings (SSSR count). The van der Waals surface area contributed by atoms with Crippen LogP contribution in [0.3, 0.4) is 0 Å². The average Bonchev–Trinajstić information content (AvgIpc) is 2.47. The van der Waals surface area contributed by atoms with Crippen LogP contribution in [-0.2, 0) is 0 Å². The minimum atomic E-state index is 0.522. The first-order valence-corrected chi connectivity index (χ1v) is 7.15. The van der Waals surface area contributed by atoms with Crippen LogP contribution in [0.15, 0.2) is 59.8 Å². The van der Waals surface area contributed by atoms with Crippen LogP contribution in [0.25, 0.3) is 16.6 Å². The molecule has 0 fully saturated rings. The molecule has 0 saturated heterocycles. The van der Waals surface area contributed by atoms with Gasteiger partial charge in [-0.15, -0.1) is 0 Å². The summed E-state index contributed by atoms with van der Waals surface area (Å²) in [5, 5.41) is 4.21. The van der Waals surface area contributed by atoms with Crippen molar-refractivity contribution < 1.29 is 0 Å². The molecule has 0 aliphatic rings. The normalized spacial score (nSPS) is 10.5. The highest BCUT2D eigenvalue weighted by atomic mass is 79.9. The molecule has 0 bridgehead atoms. The second-order valence-corrected chi connectivity index (χ2v) is 5.53. The number of nitrogens with two attached hydrogens (primary N) is 1. The number of hydrogen-bond acceptors (Lipinski definition) is 4. The number of halogens is 1. The van der Waals surface area contributed by atoms with Crippen LogP contribution in [-0.4, -0.2) is 9.97 Å². The molecular weight excluding hydrogens is 328 g/mol. The molecule has 0 radical (unpaired) electrons. The van der Waals surface area contributed by atoms with E-state index in [1.807, 2.05) is 42.5 Å². The molecule has 0 spiro atoms. The van der Waals surface area contributed by atoms with Gasteiger partial charge in [0.15, 0.2) is 0 Å². The van der Waals surface area contributed by atoms with E-state index >= 15 is 0 Å². The molecule has 5 heteroatoms. The largest absolute Gasteiger partial charge is 0.399 e. The molecule has 104 valence electrons. The predicted molar refractivity (Wildman–Crippen MR) is 90.2 cm³/mol. The Bertz CT molecular complexity index is 829. The van der Waals surface area contributed by atoms with Gasteiger partial charge < -0.3 is 11.1 Å². The maximum absolute atomic E-state index is 5.77. The molecule has 21 heavy (non-hydrogen) atoms. The van der Waals surface area contributed by atoms with E-state index in [0.717, 1.165) is 32.4 Å². The lowest BCUT2D eigenvalue weighted by Crippen LogP contribution is -1.98. The summed E-state index contributed by atoms with van der Waals surface area (Å²) in [6.07, 6.45) is 1.54. The number of fused-ring (bicyclic) bond motifs is 1. The second-order valence-electron chi connectivity index (χ2n) is 4.61. The Kier molecular flexibility index (Phi) is 3.58. The highest BCUT2D eigenvalue weighted by molar-refractivity contribution is 9.10. The highest BCUT2D eigenvalue weighted by Crippen LogP contribution is 2.26. The number of aromatic nitrogens is 2. The summed E-state index contributed by atoms with van der Waals surface area (Å²) in [6.45, 7) is 3.77. The Labute approximate surface area is 130 Å². The lowest BCUT2D eigenvalue weighted by atomic mass is 10.1. The fourth-order valence-electron chi connectivity index (χ4n) is 2.06. The predicted octanol–water partition coefficient (Wildman–Crippen LogP) is 4.07. The maximum Gasteiger partial charge on any atom is 0.141 e. The van der Waals surface area contributed by atoms with Crippen molar-refractivity contribution in [3.8, 4) is 0 Å². The summed E-state index contributed by atoms with van der Waals surface area (Å²) in [7, 11) is 0. The van der Waals surface area contributed by atoms with Gasteiger partial charge in [-0.1, -0.05) is 34.6 Å². The molecule has 0 amide bonds. The van der Waals surface area contributed by atoms with Crippen molar-refractivity contribution in [2.24, 2.45) is 5.73 Å². The van der Waals surface area contributed by atoms with Crippen LogP contribution in [0, 0.1) is 0 Å². The van der Waals surface area contributed by atoms with Gasteiger partial charge >= 0.3 is 0 Å². The van der Waals surface area contributed by atoms with Crippen molar-refractivity contribution in [1.82, 2.24) is 9.97 Å². The first-order chi connectivity index (χ1) is 10.1. The average molecular weight is 341 g/mol. The second kappa shape index (κ2) is 5.54. The fraction of sp³-hybridized carbons (Fsp3) is 0. The molecule has 1 heterocycles. The number of benzene rings is 2. The molecule has 0 atom stereocenters. The Balaban J connectivity index is 2.09. The number of anilines is 2. The Morgan fingerprint density at radius 2 is 2.00 bits per heavy atom. The molecule has 3 N–H and O–H groups in total. The van der Waals surface area contributed by atoms with Gasteiger partial charge in [0.1, 0.15) is 12.1 Å². The van der Waals surface area contributed by atoms with E-state index in [1.165, 1.54) is 0 Å². The number of hydrogen-bond donors (Lipinski definition) is 2. The summed E-state index contributed by atoms with van der Waals surface area (Å²) >= 11 is 3.46. The molecule has 0 aliphatic carbocycles. The van der Waals surface area contributed by atoms with Crippen molar-refractivity contribution in [2.45, 2.75) is 0 Å². The SMILES string of the molecule is C=C(N)c1ccc2ncnc(Nc3cccc(Br)c3)c2c1. The van der Waals surface area contributed by atoms with Crippen molar-refractivity contribution >= 4 is 44.0 Å². The zero-order valence-electron chi connectivity index (χ0n) is 11.2. The van der Waals surface area contributed by atoms with Crippen LogP contribution >= 0.6 is 15.9 Å². The molecule has 0 unspecified atom stereocenters. The molecule has 4 nitrogen and oxygen atoms in total. The van der Waals surface area contributed by atoms with Crippen molar-refractivity contribution in [3.63, 3.8) is 0 Å². The minimum Gasteiger partial charge on any atom is -0.399 e. The highest BCUT2D eigenvalue weighted by Gasteiger charge is 2.06. The topological polar surface area (TPSA) is 63.8 Å². The van der Waals surface area contributed by atoms with Gasteiger partial charge in [-0.05, 0) is 35.9 Å². The van der Waals surface area contributed by atoms with E-state index in [0.29, 0.717) is 5.70 Å². The van der Waals surface area contributed by atoms with E-state index in [-0.39, 0.29) is 0 Å². The summed E-state index contributed by atoms with van der Waals surface area (Å²) in [5.74, 6) is 0.737. The standard InChI is InChI=1S/C16H13BrN4/c1-10(18)11-5-6-15-14(7-11)16(20-9-19-15)21-13-4-2-3-12(17)8-13/h2-9H,1,18H2,(H,19,20,21). The Morgan fingerprint density at radius 1 is 1.14 bits per heavy atom. The summed E-state index contributed by atoms with van der Waals surface area (Å²) in [5.41, 5.74) is 8.96. The minimum absolute atomic E-state index is 0.522. The zero-order valence-corrected chi connectivity index (χ0v) is 12.8. The van der Waals surface area contributed by atoms with Crippen LogP contribution in [0.5, 0.6) is 0 Å². The maximum atomic E-state index is 5.77. The molecule has 1 aromatic heterocycles. The van der Waals surface area contributed by atoms with Crippen molar-refractivity contribution in [2.75, 3.05) is 5.32 Å². The lowest BCUT2D eigenvalue weighted by Gasteiger charge is -2.10. The van der Waals surface area contributed by atoms with Crippen LogP contribution in [0.4, 0.5) is 11.5 Å². The van der Waals surface area contributed by atoms with Crippen LogP contribution in [0.2, 0.25) is 0 Å². The van der Waals surface area contributed by atoms with Crippen LogP contribution < -0.4 is 11.1 Å². The van der Waals surface area contributed by atoms with E-state index in [2.05, 4.69) is 37.8 Å². The molecule has 2 aromatic carbocycles. The van der Waals surface area contributed by atoms with Gasteiger partial charge in [-0.3, -0.25) is 0 Å². The zero-order chi connectivity index (χ0) is 14.8. The quantitative estimate of drug-likeness (QED) is 0.754. The molecule has 0 aliphatic heterocycles. The third-order valence-corrected chi connectivity index (χ3v) is 3.59. The van der Waals surface area contributed by atoms with Gasteiger partial charge in [-0.2, -0.15) is 0 Å². The van der Waals surface area contributed by atoms with Gasteiger partial charge in [0, 0.05) is 21.2 Å². The molecule has 0 saturated carbocycles. The summed E-state index contributed by atoms with van der Waals surface area (Å²) in [4.78, 5) is 8.59. The Morgan fingerprint density at radius 3 is 2.76 bits per heavy atom. The first kappa shape index (κ1) is 13.6. The van der Waals surface area contributed by atoms with Gasteiger partial charge in [0.2, 0.25) is 0 Å². The smallest absolute Gasteiger partial charge is 0.141 e. The third-order valence-electron chi connectivity index (χ3n) is 3.09. The van der Waals surface area contributed by atoms with E-state index in [1.54, 1.807) is 6.33 Å². The molecular formula is C16H13BrN4. The van der Waals surface area contributed by atoms with Crippen molar-refractivity contribution in [3.05, 3.63) is 65.4 Å². The number of rotatable bonds is 3. The fourth-order valence-corrected chi connectivity index (χ4v) is 2.46. The lowest BCUT2D eigenvalue weighted by molar-refractivity contribution is 1.22. The summed E-state index contributed by atoms with van der Waals surface area (Å²) < 4.78 is 1.00. The number of nitrogens with one attached hydrogen (secondary N) is 1. The van der Waals surface area contributed by atoms with E-state index in [4.69, 9.17) is 5.73 Å². The number of nitrogens with zero attached hydrogens (tertiary/aromatic N) is 2. The third kappa shape index (κ3) is 2.87. The van der Waals surface area contributed by atoms with Gasteiger partial charge in [0.05, 0.1) is 5.52 Å². The monoisotopic (exact) mass is 340 g/mol. The summed E-state index contributed by atoms with van der Waals surface area (Å²) in [6, 6.07) is 13.7. The van der Waals surface area contributed by atoms with E-state index in [9.17, 15) is 0 Å². The van der Waals surface area contributed by atoms with Gasteiger partial charge in [-0.25, -0.2) is 9.97 Å². The molecule has 3 aromatic rings. The first-order valence-electron chi connectivity index (χ1n) is 6.35. The van der Waals surface area contributed by atoms with Gasteiger partial charge in [0.25, 0.3) is 0 Å². The van der Waals surface area contributed by atoms with E-state index < -0.39 is 0 Å².